The van der Waals surface area contributed by atoms with E-state index in [4.69, 9.17) is 0 Å². The molecular formula is C10H9F3N2O2S. The van der Waals surface area contributed by atoms with Crippen molar-refractivity contribution in [2.75, 3.05) is 6.61 Å². The zero-order valence-electron chi connectivity index (χ0n) is 9.32. The Balaban J connectivity index is 2.20. The van der Waals surface area contributed by atoms with E-state index in [1.165, 1.54) is 17.7 Å². The van der Waals surface area contributed by atoms with Gasteiger partial charge in [-0.05, 0) is 17.9 Å². The number of hydrogen-bond acceptors (Lipinski definition) is 4. The highest BCUT2D eigenvalue weighted by Crippen LogP contribution is 2.19. The lowest BCUT2D eigenvalue weighted by Crippen LogP contribution is -2.24. The summed E-state index contributed by atoms with van der Waals surface area (Å²) in [5.74, 6) is 0. The van der Waals surface area contributed by atoms with E-state index in [-0.39, 0.29) is 5.56 Å². The van der Waals surface area contributed by atoms with Crippen LogP contribution in [0.15, 0.2) is 16.5 Å². The van der Waals surface area contributed by atoms with E-state index in [9.17, 15) is 18.0 Å². The number of aromatic nitrogens is 2. The SMILES string of the molecule is Cc1csc2c(=O)n(COCC(F)(F)F)cnc12. The summed E-state index contributed by atoms with van der Waals surface area (Å²) in [6, 6.07) is 0. The fourth-order valence-electron chi connectivity index (χ4n) is 1.41. The van der Waals surface area contributed by atoms with Crippen LogP contribution in [0.25, 0.3) is 10.2 Å². The molecule has 2 rings (SSSR count). The number of thiophene rings is 1. The Labute approximate surface area is 104 Å². The number of hydrogen-bond donors (Lipinski definition) is 0. The van der Waals surface area contributed by atoms with E-state index in [1.54, 1.807) is 5.38 Å². The Morgan fingerprint density at radius 3 is 2.89 bits per heavy atom. The molecule has 0 aliphatic rings. The molecule has 0 aliphatic heterocycles. The second kappa shape index (κ2) is 4.69. The zero-order valence-corrected chi connectivity index (χ0v) is 10.1. The van der Waals surface area contributed by atoms with E-state index in [1.807, 2.05) is 6.92 Å². The third-order valence-electron chi connectivity index (χ3n) is 2.22. The largest absolute Gasteiger partial charge is 0.411 e. The highest BCUT2D eigenvalue weighted by atomic mass is 32.1. The van der Waals surface area contributed by atoms with Gasteiger partial charge in [-0.25, -0.2) is 4.98 Å². The molecule has 0 N–H and O–H groups in total. The minimum absolute atomic E-state index is 0.389. The van der Waals surface area contributed by atoms with Crippen molar-refractivity contribution >= 4 is 21.6 Å². The first-order chi connectivity index (χ1) is 8.38. The average molecular weight is 278 g/mol. The second-order valence-electron chi connectivity index (χ2n) is 3.71. The van der Waals surface area contributed by atoms with Gasteiger partial charge >= 0.3 is 6.18 Å². The molecule has 0 spiro atoms. The first kappa shape index (κ1) is 13.0. The zero-order chi connectivity index (χ0) is 13.3. The molecule has 2 aromatic heterocycles. The molecular weight excluding hydrogens is 269 g/mol. The molecule has 18 heavy (non-hydrogen) atoms. The van der Waals surface area contributed by atoms with Crippen LogP contribution in [0.4, 0.5) is 13.2 Å². The lowest BCUT2D eigenvalue weighted by atomic mass is 10.3. The van der Waals surface area contributed by atoms with Crippen LogP contribution in [0.1, 0.15) is 5.56 Å². The van der Waals surface area contributed by atoms with Gasteiger partial charge in [0.15, 0.2) is 0 Å². The van der Waals surface area contributed by atoms with Crippen LogP contribution in [0.2, 0.25) is 0 Å². The quantitative estimate of drug-likeness (QED) is 0.865. The summed E-state index contributed by atoms with van der Waals surface area (Å²) in [5, 5.41) is 1.78. The Bertz CT molecular complexity index is 618. The van der Waals surface area contributed by atoms with Crippen LogP contribution in [-0.2, 0) is 11.5 Å². The van der Waals surface area contributed by atoms with Crippen LogP contribution in [0, 0.1) is 6.92 Å². The van der Waals surface area contributed by atoms with Gasteiger partial charge in [0, 0.05) is 0 Å². The predicted molar refractivity (Wildman–Crippen MR) is 60.6 cm³/mol. The first-order valence-corrected chi connectivity index (χ1v) is 5.84. The van der Waals surface area contributed by atoms with Crippen molar-refractivity contribution in [3.05, 3.63) is 27.6 Å². The summed E-state index contributed by atoms with van der Waals surface area (Å²) in [6.45, 7) is -0.0328. The molecule has 0 saturated heterocycles. The van der Waals surface area contributed by atoms with Crippen molar-refractivity contribution in [1.82, 2.24) is 9.55 Å². The Morgan fingerprint density at radius 1 is 1.50 bits per heavy atom. The van der Waals surface area contributed by atoms with Crippen LogP contribution in [-0.4, -0.2) is 22.3 Å². The standard InChI is InChI=1S/C10H9F3N2O2S/c1-6-2-18-8-7(6)14-4-15(9(8)16)5-17-3-10(11,12)13/h2,4H,3,5H2,1H3. The molecule has 0 aromatic carbocycles. The summed E-state index contributed by atoms with van der Waals surface area (Å²) >= 11 is 1.22. The minimum Gasteiger partial charge on any atom is -0.351 e. The molecule has 4 nitrogen and oxygen atoms in total. The van der Waals surface area contributed by atoms with E-state index in [0.717, 1.165) is 10.1 Å². The van der Waals surface area contributed by atoms with Crippen LogP contribution >= 0.6 is 11.3 Å². The maximum atomic E-state index is 11.9. The Hall–Kier alpha value is -1.41. The summed E-state index contributed by atoms with van der Waals surface area (Å²) < 4.78 is 41.5. The highest BCUT2D eigenvalue weighted by molar-refractivity contribution is 7.17. The summed E-state index contributed by atoms with van der Waals surface area (Å²) in [4.78, 5) is 15.9. The number of fused-ring (bicyclic) bond motifs is 1. The number of nitrogens with zero attached hydrogens (tertiary/aromatic N) is 2. The fraction of sp³-hybridized carbons (Fsp3) is 0.400. The lowest BCUT2D eigenvalue weighted by molar-refractivity contribution is -0.182. The van der Waals surface area contributed by atoms with Crippen molar-refractivity contribution in [2.45, 2.75) is 19.8 Å². The second-order valence-corrected chi connectivity index (χ2v) is 4.59. The molecule has 2 heterocycles. The molecule has 0 saturated carbocycles. The van der Waals surface area contributed by atoms with Crippen molar-refractivity contribution < 1.29 is 17.9 Å². The van der Waals surface area contributed by atoms with Crippen LogP contribution < -0.4 is 5.56 Å². The predicted octanol–water partition coefficient (Wildman–Crippen LogP) is 2.30. The van der Waals surface area contributed by atoms with Crippen molar-refractivity contribution in [3.63, 3.8) is 0 Å². The molecule has 0 amide bonds. The summed E-state index contributed by atoms with van der Waals surface area (Å²) in [5.41, 5.74) is 1.06. The van der Waals surface area contributed by atoms with Crippen molar-refractivity contribution in [3.8, 4) is 0 Å². The van der Waals surface area contributed by atoms with Gasteiger partial charge < -0.3 is 4.74 Å². The Morgan fingerprint density at radius 2 is 2.22 bits per heavy atom. The van der Waals surface area contributed by atoms with Crippen LogP contribution in [0.5, 0.6) is 0 Å². The van der Waals surface area contributed by atoms with Gasteiger partial charge in [0.05, 0.1) is 5.52 Å². The van der Waals surface area contributed by atoms with E-state index >= 15 is 0 Å². The minimum atomic E-state index is -4.40. The highest BCUT2D eigenvalue weighted by Gasteiger charge is 2.27. The Kier molecular flexibility index (Phi) is 3.40. The molecule has 0 bridgehead atoms. The summed E-state index contributed by atoms with van der Waals surface area (Å²) in [7, 11) is 0. The topological polar surface area (TPSA) is 44.1 Å². The molecule has 0 unspecified atom stereocenters. The maximum absolute atomic E-state index is 11.9. The summed E-state index contributed by atoms with van der Waals surface area (Å²) in [6.07, 6.45) is -3.21. The monoisotopic (exact) mass is 278 g/mol. The molecule has 98 valence electrons. The number of alkyl halides is 3. The van der Waals surface area contributed by atoms with Crippen molar-refractivity contribution in [1.29, 1.82) is 0 Å². The van der Waals surface area contributed by atoms with E-state index < -0.39 is 19.5 Å². The molecule has 8 heteroatoms. The average Bonchev–Trinajstić information content (AvgIpc) is 2.63. The van der Waals surface area contributed by atoms with Gasteiger partial charge in [0.25, 0.3) is 5.56 Å². The van der Waals surface area contributed by atoms with Gasteiger partial charge in [-0.3, -0.25) is 9.36 Å². The van der Waals surface area contributed by atoms with E-state index in [0.29, 0.717) is 10.2 Å². The fourth-order valence-corrected chi connectivity index (χ4v) is 2.36. The van der Waals surface area contributed by atoms with Crippen LogP contribution in [0.3, 0.4) is 0 Å². The first-order valence-electron chi connectivity index (χ1n) is 4.96. The third-order valence-corrected chi connectivity index (χ3v) is 3.29. The normalized spacial score (nSPS) is 12.2. The van der Waals surface area contributed by atoms with Gasteiger partial charge in [0.2, 0.25) is 0 Å². The molecule has 0 atom stereocenters. The lowest BCUT2D eigenvalue weighted by Gasteiger charge is -2.08. The van der Waals surface area contributed by atoms with E-state index in [2.05, 4.69) is 9.72 Å². The molecule has 0 fully saturated rings. The number of rotatable bonds is 3. The van der Waals surface area contributed by atoms with Gasteiger partial charge in [-0.1, -0.05) is 0 Å². The van der Waals surface area contributed by atoms with Crippen molar-refractivity contribution in [2.24, 2.45) is 0 Å². The molecule has 0 radical (unpaired) electrons. The molecule has 0 aliphatic carbocycles. The van der Waals surface area contributed by atoms with Gasteiger partial charge in [-0.15, -0.1) is 11.3 Å². The molecule has 2 aromatic rings. The van der Waals surface area contributed by atoms with Gasteiger partial charge in [-0.2, -0.15) is 13.2 Å². The smallest absolute Gasteiger partial charge is 0.351 e. The van der Waals surface area contributed by atoms with Gasteiger partial charge in [0.1, 0.15) is 24.4 Å². The number of halogens is 3. The number of aryl methyl sites for hydroxylation is 1. The third kappa shape index (κ3) is 2.70. The maximum Gasteiger partial charge on any atom is 0.411 e. The number of ether oxygens (including phenoxy) is 1.